The summed E-state index contributed by atoms with van der Waals surface area (Å²) in [5.41, 5.74) is 0.686. The Kier molecular flexibility index (Phi) is 8.72. The number of hydrogen-bond donors (Lipinski definition) is 2. The standard InChI is InChI=1S/C18H27N3O3.ClH/c1-13(12-19-2)18(23)21-10-8-14(9-11-21)17(22)20-15-6-4-5-7-16(15)24-3;/h4-7,13-14,19H,8-12H2,1-3H3,(H,20,22);1H. The van der Waals surface area contributed by atoms with Crippen LogP contribution >= 0.6 is 12.4 Å². The Morgan fingerprint density at radius 3 is 2.52 bits per heavy atom. The van der Waals surface area contributed by atoms with Crippen LogP contribution in [0, 0.1) is 11.8 Å². The Morgan fingerprint density at radius 1 is 1.28 bits per heavy atom. The number of amides is 2. The second-order valence-electron chi connectivity index (χ2n) is 6.25. The smallest absolute Gasteiger partial charge is 0.227 e. The lowest BCUT2D eigenvalue weighted by Gasteiger charge is -2.33. The van der Waals surface area contributed by atoms with E-state index in [1.807, 2.05) is 43.1 Å². The quantitative estimate of drug-likeness (QED) is 0.806. The van der Waals surface area contributed by atoms with Gasteiger partial charge in [0.2, 0.25) is 11.8 Å². The number of nitrogens with zero attached hydrogens (tertiary/aromatic N) is 1. The van der Waals surface area contributed by atoms with Crippen LogP contribution < -0.4 is 15.4 Å². The van der Waals surface area contributed by atoms with Gasteiger partial charge in [-0.2, -0.15) is 0 Å². The summed E-state index contributed by atoms with van der Waals surface area (Å²) in [5, 5.41) is 5.97. The number of ether oxygens (including phenoxy) is 1. The van der Waals surface area contributed by atoms with Crippen LogP contribution in [0.15, 0.2) is 24.3 Å². The summed E-state index contributed by atoms with van der Waals surface area (Å²) in [5.74, 6) is 0.703. The number of likely N-dealkylation sites (tertiary alicyclic amines) is 1. The van der Waals surface area contributed by atoms with Crippen molar-refractivity contribution in [2.75, 3.05) is 39.1 Å². The lowest BCUT2D eigenvalue weighted by atomic mass is 9.95. The van der Waals surface area contributed by atoms with Crippen molar-refractivity contribution < 1.29 is 14.3 Å². The van der Waals surface area contributed by atoms with Crippen molar-refractivity contribution in [3.63, 3.8) is 0 Å². The molecule has 2 amide bonds. The second kappa shape index (κ2) is 10.3. The zero-order valence-electron chi connectivity index (χ0n) is 15.1. The summed E-state index contributed by atoms with van der Waals surface area (Å²) in [4.78, 5) is 26.6. The Bertz CT molecular complexity index is 574. The van der Waals surface area contributed by atoms with E-state index < -0.39 is 0 Å². The molecule has 1 unspecified atom stereocenters. The van der Waals surface area contributed by atoms with Gasteiger partial charge in [-0.25, -0.2) is 0 Å². The van der Waals surface area contributed by atoms with Gasteiger partial charge in [0.05, 0.1) is 12.8 Å². The van der Waals surface area contributed by atoms with Crippen molar-refractivity contribution in [1.29, 1.82) is 0 Å². The Labute approximate surface area is 155 Å². The minimum Gasteiger partial charge on any atom is -0.495 e. The number of nitrogens with one attached hydrogen (secondary N) is 2. The number of para-hydroxylation sites is 2. The molecule has 0 aromatic heterocycles. The molecular weight excluding hydrogens is 342 g/mol. The van der Waals surface area contributed by atoms with Crippen LogP contribution in [0.3, 0.4) is 0 Å². The molecule has 0 spiro atoms. The minimum absolute atomic E-state index is 0. The number of anilines is 1. The molecule has 25 heavy (non-hydrogen) atoms. The maximum absolute atomic E-state index is 12.5. The number of benzene rings is 1. The summed E-state index contributed by atoms with van der Waals surface area (Å²) >= 11 is 0. The molecule has 0 saturated carbocycles. The fourth-order valence-corrected chi connectivity index (χ4v) is 3.05. The van der Waals surface area contributed by atoms with Crippen LogP contribution in [-0.4, -0.2) is 50.5 Å². The third kappa shape index (κ3) is 5.61. The summed E-state index contributed by atoms with van der Waals surface area (Å²) in [6.45, 7) is 3.88. The molecule has 1 atom stereocenters. The molecule has 1 aromatic carbocycles. The first-order valence-corrected chi connectivity index (χ1v) is 8.44. The van der Waals surface area contributed by atoms with Gasteiger partial charge in [0.15, 0.2) is 0 Å². The number of rotatable bonds is 6. The van der Waals surface area contributed by atoms with Gasteiger partial charge in [-0.15, -0.1) is 12.4 Å². The predicted octanol–water partition coefficient (Wildman–Crippen LogP) is 2.15. The summed E-state index contributed by atoms with van der Waals surface area (Å²) in [6.07, 6.45) is 1.39. The molecule has 0 bridgehead atoms. The van der Waals surface area contributed by atoms with Gasteiger partial charge >= 0.3 is 0 Å². The lowest BCUT2D eigenvalue weighted by molar-refractivity contribution is -0.137. The number of halogens is 1. The third-order valence-corrected chi connectivity index (χ3v) is 4.47. The van der Waals surface area contributed by atoms with Gasteiger partial charge in [-0.05, 0) is 32.0 Å². The van der Waals surface area contributed by atoms with Crippen LogP contribution in [0.5, 0.6) is 5.75 Å². The molecule has 1 aliphatic heterocycles. The summed E-state index contributed by atoms with van der Waals surface area (Å²) in [7, 11) is 3.43. The molecule has 0 radical (unpaired) electrons. The van der Waals surface area contributed by atoms with Crippen LogP contribution in [0.2, 0.25) is 0 Å². The number of methoxy groups -OCH3 is 1. The highest BCUT2D eigenvalue weighted by Gasteiger charge is 2.29. The van der Waals surface area contributed by atoms with Crippen LogP contribution in [-0.2, 0) is 9.59 Å². The summed E-state index contributed by atoms with van der Waals surface area (Å²) < 4.78 is 5.26. The van der Waals surface area contributed by atoms with E-state index in [-0.39, 0.29) is 36.1 Å². The molecule has 6 nitrogen and oxygen atoms in total. The Hall–Kier alpha value is -1.79. The van der Waals surface area contributed by atoms with Gasteiger partial charge < -0.3 is 20.3 Å². The molecule has 1 aromatic rings. The molecule has 7 heteroatoms. The number of carbonyl (C=O) groups is 2. The molecule has 2 rings (SSSR count). The normalized spacial score (nSPS) is 15.9. The third-order valence-electron chi connectivity index (χ3n) is 4.47. The molecule has 1 fully saturated rings. The first-order valence-electron chi connectivity index (χ1n) is 8.44. The average Bonchev–Trinajstić information content (AvgIpc) is 2.61. The van der Waals surface area contributed by atoms with E-state index in [9.17, 15) is 9.59 Å². The number of hydrogen-bond acceptors (Lipinski definition) is 4. The van der Waals surface area contributed by atoms with E-state index in [0.29, 0.717) is 43.9 Å². The Morgan fingerprint density at radius 2 is 1.92 bits per heavy atom. The van der Waals surface area contributed by atoms with E-state index in [0.717, 1.165) is 0 Å². The molecule has 0 aliphatic carbocycles. The van der Waals surface area contributed by atoms with Crippen LogP contribution in [0.1, 0.15) is 19.8 Å². The minimum atomic E-state index is -0.0708. The van der Waals surface area contributed by atoms with Crippen molar-refractivity contribution >= 4 is 29.9 Å². The van der Waals surface area contributed by atoms with Crippen molar-refractivity contribution in [2.45, 2.75) is 19.8 Å². The number of piperidine rings is 1. The fourth-order valence-electron chi connectivity index (χ4n) is 3.05. The lowest BCUT2D eigenvalue weighted by Crippen LogP contribution is -2.45. The largest absolute Gasteiger partial charge is 0.495 e. The molecule has 1 heterocycles. The molecule has 2 N–H and O–H groups in total. The van der Waals surface area contributed by atoms with E-state index in [1.54, 1.807) is 7.11 Å². The van der Waals surface area contributed by atoms with E-state index >= 15 is 0 Å². The highest BCUT2D eigenvalue weighted by Crippen LogP contribution is 2.26. The first-order chi connectivity index (χ1) is 11.6. The van der Waals surface area contributed by atoms with Crippen LogP contribution in [0.4, 0.5) is 5.69 Å². The van der Waals surface area contributed by atoms with Gasteiger partial charge in [0.1, 0.15) is 5.75 Å². The first kappa shape index (κ1) is 21.3. The van der Waals surface area contributed by atoms with Gasteiger partial charge in [-0.1, -0.05) is 19.1 Å². The van der Waals surface area contributed by atoms with E-state index in [2.05, 4.69) is 10.6 Å². The molecular formula is C18H28ClN3O3. The van der Waals surface area contributed by atoms with Gasteiger partial charge in [0.25, 0.3) is 0 Å². The van der Waals surface area contributed by atoms with Crippen LogP contribution in [0.25, 0.3) is 0 Å². The zero-order chi connectivity index (χ0) is 17.5. The highest BCUT2D eigenvalue weighted by molar-refractivity contribution is 5.94. The topological polar surface area (TPSA) is 70.7 Å². The molecule has 1 saturated heterocycles. The monoisotopic (exact) mass is 369 g/mol. The van der Waals surface area contributed by atoms with Gasteiger partial charge in [0, 0.05) is 31.5 Å². The molecule has 140 valence electrons. The van der Waals surface area contributed by atoms with Crippen molar-refractivity contribution in [1.82, 2.24) is 10.2 Å². The molecule has 1 aliphatic rings. The Balaban J connectivity index is 0.00000312. The van der Waals surface area contributed by atoms with Crippen molar-refractivity contribution in [2.24, 2.45) is 11.8 Å². The maximum atomic E-state index is 12.5. The SMILES string of the molecule is CNCC(C)C(=O)N1CCC(C(=O)Nc2ccccc2OC)CC1.Cl. The zero-order valence-corrected chi connectivity index (χ0v) is 15.9. The summed E-state index contributed by atoms with van der Waals surface area (Å²) in [6, 6.07) is 7.38. The fraction of sp³-hybridized carbons (Fsp3) is 0.556. The average molecular weight is 370 g/mol. The van der Waals surface area contributed by atoms with Gasteiger partial charge in [-0.3, -0.25) is 9.59 Å². The maximum Gasteiger partial charge on any atom is 0.227 e. The van der Waals surface area contributed by atoms with E-state index in [1.165, 1.54) is 0 Å². The van der Waals surface area contributed by atoms with Crippen molar-refractivity contribution in [3.8, 4) is 5.75 Å². The predicted molar refractivity (Wildman–Crippen MR) is 101 cm³/mol. The second-order valence-corrected chi connectivity index (χ2v) is 6.25. The number of carbonyl (C=O) groups excluding carboxylic acids is 2. The highest BCUT2D eigenvalue weighted by atomic mass is 35.5. The van der Waals surface area contributed by atoms with E-state index in [4.69, 9.17) is 4.74 Å². The van der Waals surface area contributed by atoms with Crippen molar-refractivity contribution in [3.05, 3.63) is 24.3 Å².